The van der Waals surface area contributed by atoms with E-state index in [0.29, 0.717) is 0 Å². The Morgan fingerprint density at radius 2 is 2.44 bits per heavy atom. The highest BCUT2D eigenvalue weighted by molar-refractivity contribution is 7.10. The minimum Gasteiger partial charge on any atom is -0.496 e. The molecule has 0 aliphatic rings. The molecule has 2 aromatic rings. The highest BCUT2D eigenvalue weighted by atomic mass is 32.1. The van der Waals surface area contributed by atoms with E-state index in [-0.39, 0.29) is 6.04 Å². The average Bonchev–Trinajstić information content (AvgIpc) is 2.97. The van der Waals surface area contributed by atoms with Crippen molar-refractivity contribution < 1.29 is 4.74 Å². The molecule has 5 heteroatoms. The number of hydrogen-bond donors (Lipinski definition) is 1. The van der Waals surface area contributed by atoms with Gasteiger partial charge < -0.3 is 10.5 Å². The molecule has 0 bridgehead atoms. The normalized spacial score (nSPS) is 12.7. The van der Waals surface area contributed by atoms with Crippen LogP contribution in [0.5, 0.6) is 5.75 Å². The quantitative estimate of drug-likeness (QED) is 0.885. The summed E-state index contributed by atoms with van der Waals surface area (Å²) in [5.74, 6) is 0.860. The second-order valence-electron chi connectivity index (χ2n) is 3.50. The molecule has 2 rings (SSSR count). The standard InChI is InChI=1S/C11H15N3OS/c1-3-14-6-8(5-13-14)11(12)10-4-9(15-2)7-16-10/h4-7,11H,3,12H2,1-2H3. The molecule has 0 amide bonds. The van der Waals surface area contributed by atoms with Gasteiger partial charge in [-0.25, -0.2) is 0 Å². The number of nitrogens with zero attached hydrogens (tertiary/aromatic N) is 2. The van der Waals surface area contributed by atoms with Gasteiger partial charge in [-0.05, 0) is 13.0 Å². The molecule has 1 atom stereocenters. The summed E-state index contributed by atoms with van der Waals surface area (Å²) in [6.45, 7) is 2.91. The molecule has 4 nitrogen and oxygen atoms in total. The summed E-state index contributed by atoms with van der Waals surface area (Å²) in [5.41, 5.74) is 7.19. The van der Waals surface area contributed by atoms with Crippen LogP contribution in [0.15, 0.2) is 23.8 Å². The van der Waals surface area contributed by atoms with E-state index in [1.807, 2.05) is 28.5 Å². The Hall–Kier alpha value is -1.33. The lowest BCUT2D eigenvalue weighted by molar-refractivity contribution is 0.416. The largest absolute Gasteiger partial charge is 0.496 e. The Balaban J connectivity index is 2.20. The molecule has 0 fully saturated rings. The molecular formula is C11H15N3OS. The van der Waals surface area contributed by atoms with E-state index in [4.69, 9.17) is 10.5 Å². The van der Waals surface area contributed by atoms with Gasteiger partial charge in [0.25, 0.3) is 0 Å². The summed E-state index contributed by atoms with van der Waals surface area (Å²) in [7, 11) is 1.66. The molecule has 16 heavy (non-hydrogen) atoms. The lowest BCUT2D eigenvalue weighted by atomic mass is 10.1. The fraction of sp³-hybridized carbons (Fsp3) is 0.364. The number of ether oxygens (including phenoxy) is 1. The monoisotopic (exact) mass is 237 g/mol. The summed E-state index contributed by atoms with van der Waals surface area (Å²) in [5, 5.41) is 6.18. The molecule has 0 saturated heterocycles. The van der Waals surface area contributed by atoms with Gasteiger partial charge in [-0.15, -0.1) is 11.3 Å². The SMILES string of the molecule is CCn1cc(C(N)c2cc(OC)cs2)cn1. The zero-order chi connectivity index (χ0) is 11.5. The van der Waals surface area contributed by atoms with Crippen LogP contribution in [0.1, 0.15) is 23.4 Å². The van der Waals surface area contributed by atoms with Crippen LogP contribution in [0.2, 0.25) is 0 Å². The predicted molar refractivity (Wildman–Crippen MR) is 64.8 cm³/mol. The Bertz CT molecular complexity index is 421. The lowest BCUT2D eigenvalue weighted by Gasteiger charge is -2.05. The van der Waals surface area contributed by atoms with Crippen LogP contribution in [-0.2, 0) is 6.54 Å². The fourth-order valence-electron chi connectivity index (χ4n) is 1.48. The van der Waals surface area contributed by atoms with Crippen LogP contribution in [0.4, 0.5) is 0 Å². The van der Waals surface area contributed by atoms with Gasteiger partial charge in [0, 0.05) is 28.6 Å². The van der Waals surface area contributed by atoms with Crippen molar-refractivity contribution >= 4 is 11.3 Å². The maximum Gasteiger partial charge on any atom is 0.129 e. The summed E-state index contributed by atoms with van der Waals surface area (Å²) in [6, 6.07) is 1.85. The first-order chi connectivity index (χ1) is 7.74. The molecule has 1 unspecified atom stereocenters. The summed E-state index contributed by atoms with van der Waals surface area (Å²) >= 11 is 1.61. The highest BCUT2D eigenvalue weighted by Gasteiger charge is 2.13. The number of nitrogens with two attached hydrogens (primary N) is 1. The fourth-order valence-corrected chi connectivity index (χ4v) is 2.37. The van der Waals surface area contributed by atoms with Crippen molar-refractivity contribution in [2.45, 2.75) is 19.5 Å². The van der Waals surface area contributed by atoms with E-state index in [2.05, 4.69) is 12.0 Å². The van der Waals surface area contributed by atoms with Crippen LogP contribution in [0.25, 0.3) is 0 Å². The number of aryl methyl sites for hydroxylation is 1. The van der Waals surface area contributed by atoms with Crippen LogP contribution < -0.4 is 10.5 Å². The van der Waals surface area contributed by atoms with E-state index < -0.39 is 0 Å². The third kappa shape index (κ3) is 2.10. The topological polar surface area (TPSA) is 53.1 Å². The minimum absolute atomic E-state index is 0.116. The summed E-state index contributed by atoms with van der Waals surface area (Å²) in [4.78, 5) is 1.09. The molecule has 0 saturated carbocycles. The molecule has 2 N–H and O–H groups in total. The zero-order valence-corrected chi connectivity index (χ0v) is 10.2. The maximum absolute atomic E-state index is 6.15. The second kappa shape index (κ2) is 4.67. The van der Waals surface area contributed by atoms with Gasteiger partial charge >= 0.3 is 0 Å². The number of rotatable bonds is 4. The zero-order valence-electron chi connectivity index (χ0n) is 9.38. The first-order valence-electron chi connectivity index (χ1n) is 5.15. The van der Waals surface area contributed by atoms with E-state index in [1.165, 1.54) is 0 Å². The Morgan fingerprint density at radius 1 is 1.62 bits per heavy atom. The highest BCUT2D eigenvalue weighted by Crippen LogP contribution is 2.29. The van der Waals surface area contributed by atoms with Gasteiger partial charge in [0.05, 0.1) is 19.3 Å². The van der Waals surface area contributed by atoms with Crippen LogP contribution in [-0.4, -0.2) is 16.9 Å². The molecule has 0 spiro atoms. The van der Waals surface area contributed by atoms with Crippen molar-refractivity contribution in [3.8, 4) is 5.75 Å². The van der Waals surface area contributed by atoms with Crippen LogP contribution in [0.3, 0.4) is 0 Å². The van der Waals surface area contributed by atoms with Gasteiger partial charge in [0.15, 0.2) is 0 Å². The van der Waals surface area contributed by atoms with E-state index in [9.17, 15) is 0 Å². The smallest absolute Gasteiger partial charge is 0.129 e. The third-order valence-corrected chi connectivity index (χ3v) is 3.47. The predicted octanol–water partition coefficient (Wildman–Crippen LogP) is 2.02. The summed E-state index contributed by atoms with van der Waals surface area (Å²) in [6.07, 6.45) is 3.80. The first-order valence-corrected chi connectivity index (χ1v) is 6.03. The Labute approximate surface area is 98.6 Å². The molecule has 0 aliphatic carbocycles. The van der Waals surface area contributed by atoms with Crippen molar-refractivity contribution in [2.24, 2.45) is 5.73 Å². The van der Waals surface area contributed by atoms with E-state index >= 15 is 0 Å². The van der Waals surface area contributed by atoms with Crippen molar-refractivity contribution in [1.82, 2.24) is 9.78 Å². The van der Waals surface area contributed by atoms with Crippen LogP contribution in [0, 0.1) is 0 Å². The minimum atomic E-state index is -0.116. The number of methoxy groups -OCH3 is 1. The average molecular weight is 237 g/mol. The van der Waals surface area contributed by atoms with Crippen molar-refractivity contribution in [1.29, 1.82) is 0 Å². The molecule has 86 valence electrons. The van der Waals surface area contributed by atoms with Crippen molar-refractivity contribution in [3.63, 3.8) is 0 Å². The molecule has 2 aromatic heterocycles. The number of hydrogen-bond acceptors (Lipinski definition) is 4. The van der Waals surface area contributed by atoms with Gasteiger partial charge in [-0.3, -0.25) is 4.68 Å². The molecular weight excluding hydrogens is 222 g/mol. The van der Waals surface area contributed by atoms with Gasteiger partial charge in [0.2, 0.25) is 0 Å². The van der Waals surface area contributed by atoms with E-state index in [1.54, 1.807) is 18.4 Å². The van der Waals surface area contributed by atoms with Gasteiger partial charge in [0.1, 0.15) is 5.75 Å². The number of thiophene rings is 1. The molecule has 2 heterocycles. The van der Waals surface area contributed by atoms with E-state index in [0.717, 1.165) is 22.7 Å². The van der Waals surface area contributed by atoms with Gasteiger partial charge in [-0.1, -0.05) is 0 Å². The lowest BCUT2D eigenvalue weighted by Crippen LogP contribution is -2.09. The Morgan fingerprint density at radius 3 is 3.00 bits per heavy atom. The molecule has 0 aliphatic heterocycles. The molecule has 0 aromatic carbocycles. The Kier molecular flexibility index (Phi) is 3.26. The summed E-state index contributed by atoms with van der Waals surface area (Å²) < 4.78 is 7.02. The van der Waals surface area contributed by atoms with Crippen LogP contribution >= 0.6 is 11.3 Å². The van der Waals surface area contributed by atoms with Crippen molar-refractivity contribution in [2.75, 3.05) is 7.11 Å². The maximum atomic E-state index is 6.15. The number of aromatic nitrogens is 2. The first kappa shape index (κ1) is 11.2. The van der Waals surface area contributed by atoms with Crippen molar-refractivity contribution in [3.05, 3.63) is 34.3 Å². The second-order valence-corrected chi connectivity index (χ2v) is 4.44. The van der Waals surface area contributed by atoms with Gasteiger partial charge in [-0.2, -0.15) is 5.10 Å². The molecule has 0 radical (unpaired) electrons. The third-order valence-electron chi connectivity index (χ3n) is 2.47.